The van der Waals surface area contributed by atoms with Gasteiger partial charge >= 0.3 is 5.97 Å². The lowest BCUT2D eigenvalue weighted by Gasteiger charge is -2.12. The van der Waals surface area contributed by atoms with Crippen LogP contribution >= 0.6 is 11.3 Å². The first-order valence-corrected chi connectivity index (χ1v) is 9.12. The lowest BCUT2D eigenvalue weighted by molar-refractivity contribution is -0.605. The Kier molecular flexibility index (Phi) is 5.79. The van der Waals surface area contributed by atoms with E-state index < -0.39 is 22.9 Å². The summed E-state index contributed by atoms with van der Waals surface area (Å²) in [5, 5.41) is 26.3. The maximum atomic E-state index is 12.3. The number of esters is 1. The first-order chi connectivity index (χ1) is 13.8. The molecule has 0 spiro atoms. The number of rotatable bonds is 6. The number of nitrogens with one attached hydrogen (secondary N) is 1. The third-order valence-corrected chi connectivity index (χ3v) is 4.54. The molecule has 1 atom stereocenters. The molecular weight excluding hydrogens is 400 g/mol. The fourth-order valence-corrected chi connectivity index (χ4v) is 3.00. The summed E-state index contributed by atoms with van der Waals surface area (Å²) in [5.74, 6) is -1.34. The monoisotopic (exact) mass is 414 g/mol. The summed E-state index contributed by atoms with van der Waals surface area (Å²) >= 11 is 1.13. The number of hydrogen-bond acceptors (Lipinski definition) is 8. The lowest BCUT2D eigenvalue weighted by Crippen LogP contribution is -2.30. The Bertz CT molecular complexity index is 1070. The van der Waals surface area contributed by atoms with Crippen LogP contribution in [0, 0.1) is 15.3 Å². The van der Waals surface area contributed by atoms with Crippen LogP contribution in [-0.2, 0) is 9.53 Å². The van der Waals surface area contributed by atoms with Crippen molar-refractivity contribution in [2.45, 2.75) is 13.0 Å². The zero-order chi connectivity index (χ0) is 21.0. The molecule has 0 radical (unpaired) electrons. The molecular formula is C18H14N4O6S. The molecule has 1 aromatic carbocycles. The van der Waals surface area contributed by atoms with Gasteiger partial charge < -0.3 is 9.94 Å². The molecule has 11 heteroatoms. The third-order valence-electron chi connectivity index (χ3n) is 3.78. The Labute approximate surface area is 168 Å². The second-order valence-electron chi connectivity index (χ2n) is 5.83. The van der Waals surface area contributed by atoms with Crippen molar-refractivity contribution in [3.63, 3.8) is 0 Å². The molecule has 0 aliphatic rings. The quantitative estimate of drug-likeness (QED) is 0.215. The highest BCUT2D eigenvalue weighted by molar-refractivity contribution is 7.14. The van der Waals surface area contributed by atoms with E-state index >= 15 is 0 Å². The molecule has 0 fully saturated rings. The van der Waals surface area contributed by atoms with E-state index in [0.717, 1.165) is 23.7 Å². The molecule has 3 aromatic rings. The Morgan fingerprint density at radius 2 is 2.00 bits per heavy atom. The van der Waals surface area contributed by atoms with Gasteiger partial charge in [0.25, 0.3) is 11.6 Å². The van der Waals surface area contributed by atoms with Crippen LogP contribution in [0.4, 0.5) is 10.8 Å². The molecule has 148 valence electrons. The number of carbonyl (C=O) groups is 2. The molecule has 10 nitrogen and oxygen atoms in total. The lowest BCUT2D eigenvalue weighted by atomic mass is 10.1. The first-order valence-electron chi connectivity index (χ1n) is 8.24. The van der Waals surface area contributed by atoms with Crippen LogP contribution in [0.25, 0.3) is 11.3 Å². The minimum absolute atomic E-state index is 0.0648. The predicted molar refractivity (Wildman–Crippen MR) is 103 cm³/mol. The van der Waals surface area contributed by atoms with Crippen molar-refractivity contribution in [3.05, 3.63) is 75.1 Å². The summed E-state index contributed by atoms with van der Waals surface area (Å²) in [5.41, 5.74) is 1.08. The van der Waals surface area contributed by atoms with Gasteiger partial charge in [0.1, 0.15) is 0 Å². The number of pyridine rings is 1. The first kappa shape index (κ1) is 19.9. The molecule has 1 amide bonds. The van der Waals surface area contributed by atoms with E-state index in [-0.39, 0.29) is 16.4 Å². The van der Waals surface area contributed by atoms with Crippen LogP contribution in [-0.4, -0.2) is 27.9 Å². The minimum atomic E-state index is -1.10. The number of aromatic nitrogens is 2. The number of thiazole rings is 1. The van der Waals surface area contributed by atoms with Gasteiger partial charge in [-0.2, -0.15) is 4.73 Å². The van der Waals surface area contributed by atoms with Gasteiger partial charge in [0.05, 0.1) is 16.2 Å². The van der Waals surface area contributed by atoms with Gasteiger partial charge in [-0.05, 0) is 6.92 Å². The number of anilines is 1. The summed E-state index contributed by atoms with van der Waals surface area (Å²) in [6.07, 6.45) is 1.19. The smallest absolute Gasteiger partial charge is 0.339 e. The Morgan fingerprint density at radius 3 is 2.69 bits per heavy atom. The number of non-ortho nitro benzene ring substituents is 1. The zero-order valence-electron chi connectivity index (χ0n) is 15.0. The number of nitrogens with zero attached hydrogens (tertiary/aromatic N) is 3. The molecule has 3 rings (SSSR count). The average Bonchev–Trinajstić information content (AvgIpc) is 3.17. The van der Waals surface area contributed by atoms with E-state index in [2.05, 4.69) is 10.3 Å². The van der Waals surface area contributed by atoms with Crippen LogP contribution in [0.5, 0.6) is 0 Å². The number of hydrogen-bond donors (Lipinski definition) is 1. The Hall–Kier alpha value is -3.86. The van der Waals surface area contributed by atoms with Crippen LogP contribution in [0.15, 0.2) is 54.2 Å². The van der Waals surface area contributed by atoms with Gasteiger partial charge in [-0.15, -0.1) is 11.3 Å². The van der Waals surface area contributed by atoms with Gasteiger partial charge in [0, 0.05) is 35.2 Å². The maximum absolute atomic E-state index is 12.3. The Balaban J connectivity index is 1.63. The highest BCUT2D eigenvalue weighted by atomic mass is 32.1. The molecule has 2 heterocycles. The van der Waals surface area contributed by atoms with Gasteiger partial charge in [-0.25, -0.2) is 9.78 Å². The van der Waals surface area contributed by atoms with E-state index in [1.165, 1.54) is 31.2 Å². The number of nitro groups is 1. The molecule has 0 aliphatic carbocycles. The summed E-state index contributed by atoms with van der Waals surface area (Å²) in [6, 6.07) is 8.54. The number of nitro benzene ring substituents is 1. The van der Waals surface area contributed by atoms with Gasteiger partial charge in [-0.3, -0.25) is 20.2 Å². The molecule has 0 unspecified atom stereocenters. The fraction of sp³-hybridized carbons (Fsp3) is 0.111. The highest BCUT2D eigenvalue weighted by Crippen LogP contribution is 2.27. The van der Waals surface area contributed by atoms with Crippen LogP contribution in [0.1, 0.15) is 17.3 Å². The highest BCUT2D eigenvalue weighted by Gasteiger charge is 2.21. The Morgan fingerprint density at radius 1 is 1.28 bits per heavy atom. The van der Waals surface area contributed by atoms with Gasteiger partial charge in [0.2, 0.25) is 0 Å². The van der Waals surface area contributed by atoms with Crippen LogP contribution in [0.3, 0.4) is 0 Å². The number of amides is 1. The van der Waals surface area contributed by atoms with Crippen molar-refractivity contribution in [1.82, 2.24) is 4.98 Å². The van der Waals surface area contributed by atoms with Gasteiger partial charge in [0.15, 0.2) is 23.6 Å². The summed E-state index contributed by atoms with van der Waals surface area (Å²) in [4.78, 5) is 38.9. The van der Waals surface area contributed by atoms with Crippen molar-refractivity contribution in [3.8, 4) is 11.3 Å². The second kappa shape index (κ2) is 8.44. The van der Waals surface area contributed by atoms with Gasteiger partial charge in [-0.1, -0.05) is 12.1 Å². The van der Waals surface area contributed by atoms with E-state index in [1.807, 2.05) is 0 Å². The summed E-state index contributed by atoms with van der Waals surface area (Å²) < 4.78 is 5.61. The molecule has 0 saturated carbocycles. The third kappa shape index (κ3) is 4.90. The van der Waals surface area contributed by atoms with Crippen molar-refractivity contribution < 1.29 is 24.0 Å². The molecule has 0 aliphatic heterocycles. The number of benzene rings is 1. The fourth-order valence-electron chi connectivity index (χ4n) is 2.28. The molecule has 2 aromatic heterocycles. The van der Waals surface area contributed by atoms with Crippen LogP contribution < -0.4 is 10.0 Å². The predicted octanol–water partition coefficient (Wildman–Crippen LogP) is 2.54. The molecule has 1 N–H and O–H groups in total. The van der Waals surface area contributed by atoms with Crippen molar-refractivity contribution in [2.75, 3.05) is 5.32 Å². The van der Waals surface area contributed by atoms with Crippen LogP contribution in [0.2, 0.25) is 0 Å². The zero-order valence-corrected chi connectivity index (χ0v) is 15.8. The number of carbonyl (C=O) groups excluding carboxylic acids is 2. The van der Waals surface area contributed by atoms with Crippen molar-refractivity contribution >= 4 is 34.0 Å². The van der Waals surface area contributed by atoms with Crippen molar-refractivity contribution in [2.24, 2.45) is 0 Å². The van der Waals surface area contributed by atoms with E-state index in [1.54, 1.807) is 17.5 Å². The van der Waals surface area contributed by atoms with E-state index in [9.17, 15) is 24.9 Å². The standard InChI is InChI=1S/C18H14N4O6S/c1-11(28-17(24)12-5-7-21(25)8-6-12)16(23)20-18-19-15(10-29-18)13-3-2-4-14(9-13)22(26)27/h2-11H,1H3,(H,19,20,23)/t11-/m0/s1. The molecule has 0 bridgehead atoms. The normalized spacial score (nSPS) is 11.5. The average molecular weight is 414 g/mol. The summed E-state index contributed by atoms with van der Waals surface area (Å²) in [7, 11) is 0. The topological polar surface area (TPSA) is 138 Å². The minimum Gasteiger partial charge on any atom is -0.619 e. The molecule has 29 heavy (non-hydrogen) atoms. The second-order valence-corrected chi connectivity index (χ2v) is 6.69. The SMILES string of the molecule is C[C@H](OC(=O)c1cc[n+]([O-])cc1)C(=O)Nc1nc(-c2cccc([N+](=O)[O-])c2)cs1. The summed E-state index contributed by atoms with van der Waals surface area (Å²) in [6.45, 7) is 1.40. The van der Waals surface area contributed by atoms with E-state index in [0.29, 0.717) is 16.0 Å². The van der Waals surface area contributed by atoms with Crippen molar-refractivity contribution in [1.29, 1.82) is 0 Å². The van der Waals surface area contributed by atoms with E-state index in [4.69, 9.17) is 4.74 Å². The maximum Gasteiger partial charge on any atom is 0.339 e. The largest absolute Gasteiger partial charge is 0.619 e. The molecule has 0 saturated heterocycles. The number of ether oxygens (including phenoxy) is 1.